The Labute approximate surface area is 165 Å². The van der Waals surface area contributed by atoms with Crippen molar-refractivity contribution < 1.29 is 4.74 Å². The molecule has 0 bridgehead atoms. The topological polar surface area (TPSA) is 43.3 Å². The van der Waals surface area contributed by atoms with Gasteiger partial charge in [0.15, 0.2) is 5.96 Å². The zero-order valence-electron chi connectivity index (χ0n) is 17.4. The van der Waals surface area contributed by atoms with Crippen LogP contribution in [0.3, 0.4) is 0 Å². The summed E-state index contributed by atoms with van der Waals surface area (Å²) in [5.41, 5.74) is 0. The number of unbranched alkanes of at least 4 members (excludes halogenated alkanes) is 1. The third kappa shape index (κ3) is 8.63. The van der Waals surface area contributed by atoms with Crippen LogP contribution < -0.4 is 10.1 Å². The van der Waals surface area contributed by atoms with Gasteiger partial charge in [-0.1, -0.05) is 18.2 Å². The first-order chi connectivity index (χ1) is 13.2. The fraction of sp³-hybridized carbons (Fsp3) is 0.667. The largest absolute Gasteiger partial charge is 0.492 e. The van der Waals surface area contributed by atoms with Crippen molar-refractivity contribution in [3.05, 3.63) is 30.3 Å². The summed E-state index contributed by atoms with van der Waals surface area (Å²) >= 11 is 0. The molecule has 1 aromatic carbocycles. The molecule has 1 aromatic rings. The molecule has 0 atom stereocenters. The first-order valence-corrected chi connectivity index (χ1v) is 10.3. The number of nitrogens with zero attached hydrogens (tertiary/aromatic N) is 4. The van der Waals surface area contributed by atoms with Crippen LogP contribution >= 0.6 is 0 Å². The molecule has 6 heteroatoms. The standard InChI is InChI=1S/C21H37N5O/c1-4-22-21(25(3)18-19-27-20-10-6-5-7-11-20)23-12-8-9-13-26-16-14-24(2)15-17-26/h5-7,10-11H,4,8-9,12-19H2,1-3H3,(H,22,23). The van der Waals surface area contributed by atoms with Gasteiger partial charge in [0.25, 0.3) is 0 Å². The highest BCUT2D eigenvalue weighted by Gasteiger charge is 2.12. The molecule has 0 unspecified atom stereocenters. The van der Waals surface area contributed by atoms with Gasteiger partial charge in [0, 0.05) is 46.3 Å². The Morgan fingerprint density at radius 2 is 1.89 bits per heavy atom. The highest BCUT2D eigenvalue weighted by Crippen LogP contribution is 2.08. The van der Waals surface area contributed by atoms with E-state index in [1.165, 1.54) is 39.1 Å². The quantitative estimate of drug-likeness (QED) is 0.385. The van der Waals surface area contributed by atoms with Gasteiger partial charge in [-0.25, -0.2) is 0 Å². The molecule has 27 heavy (non-hydrogen) atoms. The van der Waals surface area contributed by atoms with Crippen LogP contribution in [0.15, 0.2) is 35.3 Å². The lowest BCUT2D eigenvalue weighted by atomic mass is 10.2. The van der Waals surface area contributed by atoms with Crippen LogP contribution in [0, 0.1) is 0 Å². The number of hydrogen-bond donors (Lipinski definition) is 1. The van der Waals surface area contributed by atoms with Gasteiger partial charge in [-0.3, -0.25) is 4.99 Å². The van der Waals surface area contributed by atoms with E-state index in [-0.39, 0.29) is 0 Å². The molecule has 1 aliphatic heterocycles. The molecule has 1 fully saturated rings. The van der Waals surface area contributed by atoms with Gasteiger partial charge in [0.1, 0.15) is 12.4 Å². The summed E-state index contributed by atoms with van der Waals surface area (Å²) in [6.07, 6.45) is 2.35. The second-order valence-electron chi connectivity index (χ2n) is 7.17. The van der Waals surface area contributed by atoms with Crippen molar-refractivity contribution in [1.82, 2.24) is 20.0 Å². The molecule has 0 aliphatic carbocycles. The summed E-state index contributed by atoms with van der Waals surface area (Å²) < 4.78 is 5.79. The van der Waals surface area contributed by atoms with Crippen molar-refractivity contribution in [1.29, 1.82) is 0 Å². The summed E-state index contributed by atoms with van der Waals surface area (Å²) in [5.74, 6) is 1.88. The van der Waals surface area contributed by atoms with E-state index in [0.29, 0.717) is 6.61 Å². The minimum Gasteiger partial charge on any atom is -0.492 e. The van der Waals surface area contributed by atoms with Gasteiger partial charge in [0.05, 0.1) is 6.54 Å². The van der Waals surface area contributed by atoms with E-state index in [0.717, 1.165) is 37.8 Å². The van der Waals surface area contributed by atoms with Crippen molar-refractivity contribution in [3.8, 4) is 5.75 Å². The van der Waals surface area contributed by atoms with Gasteiger partial charge in [-0.15, -0.1) is 0 Å². The van der Waals surface area contributed by atoms with Crippen molar-refractivity contribution in [3.63, 3.8) is 0 Å². The van der Waals surface area contributed by atoms with Crippen molar-refractivity contribution in [2.24, 2.45) is 4.99 Å². The third-order valence-corrected chi connectivity index (χ3v) is 4.88. The minimum absolute atomic E-state index is 0.647. The smallest absolute Gasteiger partial charge is 0.193 e. The molecular weight excluding hydrogens is 338 g/mol. The maximum Gasteiger partial charge on any atom is 0.193 e. The van der Waals surface area contributed by atoms with Crippen molar-refractivity contribution >= 4 is 5.96 Å². The normalized spacial score (nSPS) is 16.3. The van der Waals surface area contributed by atoms with Crippen molar-refractivity contribution in [2.45, 2.75) is 19.8 Å². The molecule has 1 heterocycles. The zero-order valence-corrected chi connectivity index (χ0v) is 17.4. The molecule has 0 saturated carbocycles. The van der Waals surface area contributed by atoms with Crippen LogP contribution in [0.1, 0.15) is 19.8 Å². The number of benzene rings is 1. The van der Waals surface area contributed by atoms with E-state index in [1.54, 1.807) is 0 Å². The van der Waals surface area contributed by atoms with Crippen LogP contribution in [-0.2, 0) is 0 Å². The van der Waals surface area contributed by atoms with Gasteiger partial charge in [-0.2, -0.15) is 0 Å². The van der Waals surface area contributed by atoms with Gasteiger partial charge in [0.2, 0.25) is 0 Å². The van der Waals surface area contributed by atoms with Crippen LogP contribution in [0.4, 0.5) is 0 Å². The summed E-state index contributed by atoms with van der Waals surface area (Å²) in [6, 6.07) is 9.96. The minimum atomic E-state index is 0.647. The molecule has 6 nitrogen and oxygen atoms in total. The van der Waals surface area contributed by atoms with Gasteiger partial charge in [-0.05, 0) is 45.5 Å². The van der Waals surface area contributed by atoms with E-state index >= 15 is 0 Å². The number of hydrogen-bond acceptors (Lipinski definition) is 4. The molecule has 0 aromatic heterocycles. The monoisotopic (exact) mass is 375 g/mol. The second kappa shape index (κ2) is 12.6. The molecule has 1 saturated heterocycles. The third-order valence-electron chi connectivity index (χ3n) is 4.88. The van der Waals surface area contributed by atoms with E-state index in [2.05, 4.69) is 41.0 Å². The molecule has 1 N–H and O–H groups in total. The Balaban J connectivity index is 1.64. The summed E-state index contributed by atoms with van der Waals surface area (Å²) in [4.78, 5) is 11.9. The number of piperazine rings is 1. The van der Waals surface area contributed by atoms with Gasteiger partial charge < -0.3 is 24.8 Å². The molecule has 2 rings (SSSR count). The first-order valence-electron chi connectivity index (χ1n) is 10.3. The van der Waals surface area contributed by atoms with Crippen LogP contribution in [-0.4, -0.2) is 93.7 Å². The van der Waals surface area contributed by atoms with E-state index < -0.39 is 0 Å². The van der Waals surface area contributed by atoms with Crippen LogP contribution in [0.5, 0.6) is 5.75 Å². The lowest BCUT2D eigenvalue weighted by molar-refractivity contribution is 0.152. The second-order valence-corrected chi connectivity index (χ2v) is 7.17. The highest BCUT2D eigenvalue weighted by atomic mass is 16.5. The predicted molar refractivity (Wildman–Crippen MR) is 114 cm³/mol. The Bertz CT molecular complexity index is 529. The fourth-order valence-electron chi connectivity index (χ4n) is 3.10. The number of ether oxygens (including phenoxy) is 1. The molecule has 0 spiro atoms. The molecule has 0 radical (unpaired) electrons. The summed E-state index contributed by atoms with van der Waals surface area (Å²) in [5, 5.41) is 3.38. The maximum atomic E-state index is 5.79. The number of guanidine groups is 1. The average Bonchev–Trinajstić information content (AvgIpc) is 2.69. The van der Waals surface area contributed by atoms with E-state index in [1.807, 2.05) is 30.3 Å². The zero-order chi connectivity index (χ0) is 19.3. The van der Waals surface area contributed by atoms with Crippen LogP contribution in [0.25, 0.3) is 0 Å². The first kappa shape index (κ1) is 21.5. The van der Waals surface area contributed by atoms with E-state index in [9.17, 15) is 0 Å². The number of para-hydroxylation sites is 1. The Morgan fingerprint density at radius 1 is 1.15 bits per heavy atom. The Hall–Kier alpha value is -1.79. The lowest BCUT2D eigenvalue weighted by Gasteiger charge is -2.32. The van der Waals surface area contributed by atoms with Crippen LogP contribution in [0.2, 0.25) is 0 Å². The average molecular weight is 376 g/mol. The SMILES string of the molecule is CCNC(=NCCCCN1CCN(C)CC1)N(C)CCOc1ccccc1. The highest BCUT2D eigenvalue weighted by molar-refractivity contribution is 5.79. The molecule has 0 amide bonds. The Kier molecular flexibility index (Phi) is 10.0. The Morgan fingerprint density at radius 3 is 2.59 bits per heavy atom. The number of nitrogens with one attached hydrogen (secondary N) is 1. The number of likely N-dealkylation sites (N-methyl/N-ethyl adjacent to an activating group) is 2. The van der Waals surface area contributed by atoms with Gasteiger partial charge >= 0.3 is 0 Å². The number of aliphatic imine (C=N–C) groups is 1. The molecule has 152 valence electrons. The predicted octanol–water partition coefficient (Wildman–Crippen LogP) is 1.99. The van der Waals surface area contributed by atoms with Crippen molar-refractivity contribution in [2.75, 3.05) is 73.1 Å². The molecular formula is C21H37N5O. The maximum absolute atomic E-state index is 5.79. The van der Waals surface area contributed by atoms with E-state index in [4.69, 9.17) is 9.73 Å². The number of rotatable bonds is 10. The molecule has 1 aliphatic rings. The lowest BCUT2D eigenvalue weighted by Crippen LogP contribution is -2.44. The summed E-state index contributed by atoms with van der Waals surface area (Å²) in [6.45, 7) is 11.3. The fourth-order valence-corrected chi connectivity index (χ4v) is 3.10. The summed E-state index contributed by atoms with van der Waals surface area (Å²) in [7, 11) is 4.27.